The summed E-state index contributed by atoms with van der Waals surface area (Å²) in [7, 11) is 2.04. The van der Waals surface area contributed by atoms with E-state index in [1.165, 1.54) is 5.56 Å². The molecule has 0 aliphatic carbocycles. The summed E-state index contributed by atoms with van der Waals surface area (Å²) in [5.41, 5.74) is 1.18. The van der Waals surface area contributed by atoms with E-state index in [1.54, 1.807) is 6.20 Å². The molecule has 90 valence electrons. The molecular weight excluding hydrogens is 227 g/mol. The summed E-state index contributed by atoms with van der Waals surface area (Å²) < 4.78 is 0. The molecular formula is C12H19N2NaO2. The van der Waals surface area contributed by atoms with Gasteiger partial charge >= 0.3 is 35.5 Å². The zero-order valence-electron chi connectivity index (χ0n) is 9.59. The molecule has 0 unspecified atom stereocenters. The van der Waals surface area contributed by atoms with E-state index in [-0.39, 0.29) is 36.0 Å². The Balaban J connectivity index is 0.00000256. The van der Waals surface area contributed by atoms with Crippen LogP contribution in [0.2, 0.25) is 0 Å². The van der Waals surface area contributed by atoms with E-state index in [2.05, 4.69) is 9.88 Å². The summed E-state index contributed by atoms with van der Waals surface area (Å²) in [6.07, 6.45) is 5.54. The van der Waals surface area contributed by atoms with Crippen LogP contribution in [0.15, 0.2) is 24.5 Å². The quantitative estimate of drug-likeness (QED) is 0.578. The average Bonchev–Trinajstić information content (AvgIpc) is 2.25. The van der Waals surface area contributed by atoms with Crippen molar-refractivity contribution < 1.29 is 9.90 Å². The maximum atomic E-state index is 10.3. The third kappa shape index (κ3) is 8.32. The number of carboxylic acids is 1. The summed E-state index contributed by atoms with van der Waals surface area (Å²) in [6.45, 7) is 1.78. The van der Waals surface area contributed by atoms with Crippen LogP contribution < -0.4 is 0 Å². The van der Waals surface area contributed by atoms with Crippen molar-refractivity contribution in [3.8, 4) is 0 Å². The first-order chi connectivity index (χ1) is 7.68. The van der Waals surface area contributed by atoms with Gasteiger partial charge in [0.1, 0.15) is 0 Å². The molecule has 0 aliphatic heterocycles. The monoisotopic (exact) mass is 246 g/mol. The summed E-state index contributed by atoms with van der Waals surface area (Å²) >= 11 is 0. The standard InChI is InChI=1S/C12H18N2O2.Na.H/c1-14(8-3-2-6-12(15)16)10-11-5-4-7-13-9-11;;/h4-5,7,9H,2-3,6,8,10H2,1H3,(H,15,16);;. The van der Waals surface area contributed by atoms with Crippen molar-refractivity contribution in [3.05, 3.63) is 30.1 Å². The van der Waals surface area contributed by atoms with Crippen molar-refractivity contribution in [2.75, 3.05) is 13.6 Å². The van der Waals surface area contributed by atoms with Crippen molar-refractivity contribution in [1.82, 2.24) is 9.88 Å². The molecule has 1 aromatic heterocycles. The van der Waals surface area contributed by atoms with Crippen LogP contribution in [0.4, 0.5) is 0 Å². The maximum absolute atomic E-state index is 10.3. The number of pyridine rings is 1. The number of carbonyl (C=O) groups is 1. The van der Waals surface area contributed by atoms with E-state index in [9.17, 15) is 4.79 Å². The normalized spacial score (nSPS) is 10.0. The van der Waals surface area contributed by atoms with E-state index in [0.717, 1.165) is 25.9 Å². The van der Waals surface area contributed by atoms with Crippen LogP contribution in [0.25, 0.3) is 0 Å². The number of aromatic nitrogens is 1. The van der Waals surface area contributed by atoms with Crippen molar-refractivity contribution in [2.45, 2.75) is 25.8 Å². The van der Waals surface area contributed by atoms with Gasteiger partial charge in [-0.15, -0.1) is 0 Å². The molecule has 1 aromatic rings. The average molecular weight is 246 g/mol. The Hall–Kier alpha value is -0.420. The topological polar surface area (TPSA) is 53.4 Å². The van der Waals surface area contributed by atoms with Crippen LogP contribution in [-0.2, 0) is 11.3 Å². The molecule has 0 saturated heterocycles. The summed E-state index contributed by atoms with van der Waals surface area (Å²) in [5, 5.41) is 8.49. The number of aliphatic carboxylic acids is 1. The van der Waals surface area contributed by atoms with Gasteiger partial charge in [-0.2, -0.15) is 0 Å². The fourth-order valence-electron chi connectivity index (χ4n) is 1.54. The number of hydrogen-bond acceptors (Lipinski definition) is 3. The fraction of sp³-hybridized carbons (Fsp3) is 0.500. The Morgan fingerprint density at radius 3 is 2.82 bits per heavy atom. The number of unbranched alkanes of at least 4 members (excludes halogenated alkanes) is 1. The first kappa shape index (κ1) is 16.6. The molecule has 1 heterocycles. The second-order valence-electron chi connectivity index (χ2n) is 3.95. The van der Waals surface area contributed by atoms with Crippen LogP contribution in [-0.4, -0.2) is 64.1 Å². The SMILES string of the molecule is CN(CCCCC(=O)O)Cc1cccnc1.[NaH]. The van der Waals surface area contributed by atoms with E-state index >= 15 is 0 Å². The van der Waals surface area contributed by atoms with Crippen molar-refractivity contribution in [1.29, 1.82) is 0 Å². The van der Waals surface area contributed by atoms with Gasteiger partial charge in [0.2, 0.25) is 0 Å². The van der Waals surface area contributed by atoms with Crippen LogP contribution in [0.5, 0.6) is 0 Å². The van der Waals surface area contributed by atoms with E-state index in [0.29, 0.717) is 0 Å². The van der Waals surface area contributed by atoms with Crippen molar-refractivity contribution >= 4 is 35.5 Å². The van der Waals surface area contributed by atoms with Gasteiger partial charge < -0.3 is 10.0 Å². The van der Waals surface area contributed by atoms with Gasteiger partial charge in [-0.25, -0.2) is 0 Å². The number of rotatable bonds is 7. The molecule has 0 saturated carbocycles. The van der Waals surface area contributed by atoms with Crippen LogP contribution in [0, 0.1) is 0 Å². The second kappa shape index (κ2) is 9.59. The summed E-state index contributed by atoms with van der Waals surface area (Å²) in [6, 6.07) is 3.97. The van der Waals surface area contributed by atoms with Gasteiger partial charge in [0.25, 0.3) is 0 Å². The minimum absolute atomic E-state index is 0. The third-order valence-electron chi connectivity index (χ3n) is 2.36. The first-order valence-corrected chi connectivity index (χ1v) is 5.47. The minimum atomic E-state index is -0.713. The molecule has 4 nitrogen and oxygen atoms in total. The first-order valence-electron chi connectivity index (χ1n) is 5.47. The van der Waals surface area contributed by atoms with Gasteiger partial charge in [0, 0.05) is 25.4 Å². The zero-order valence-corrected chi connectivity index (χ0v) is 9.59. The fourth-order valence-corrected chi connectivity index (χ4v) is 1.54. The van der Waals surface area contributed by atoms with Gasteiger partial charge in [0.15, 0.2) is 0 Å². The van der Waals surface area contributed by atoms with E-state index in [4.69, 9.17) is 5.11 Å². The molecule has 0 aromatic carbocycles. The molecule has 0 bridgehead atoms. The third-order valence-corrected chi connectivity index (χ3v) is 2.36. The van der Waals surface area contributed by atoms with Crippen LogP contribution in [0.1, 0.15) is 24.8 Å². The van der Waals surface area contributed by atoms with Gasteiger partial charge in [0.05, 0.1) is 0 Å². The van der Waals surface area contributed by atoms with Gasteiger partial charge in [-0.3, -0.25) is 9.78 Å². The van der Waals surface area contributed by atoms with E-state index < -0.39 is 5.97 Å². The molecule has 0 atom stereocenters. The van der Waals surface area contributed by atoms with Crippen LogP contribution >= 0.6 is 0 Å². The molecule has 0 fully saturated rings. The predicted molar refractivity (Wildman–Crippen MR) is 69.2 cm³/mol. The second-order valence-corrected chi connectivity index (χ2v) is 3.95. The van der Waals surface area contributed by atoms with Crippen molar-refractivity contribution in [3.63, 3.8) is 0 Å². The number of hydrogen-bond donors (Lipinski definition) is 1. The Kier molecular flexibility index (Phi) is 9.36. The zero-order chi connectivity index (χ0) is 11.8. The van der Waals surface area contributed by atoms with Gasteiger partial charge in [-0.05, 0) is 38.1 Å². The Morgan fingerprint density at radius 2 is 2.24 bits per heavy atom. The Labute approximate surface area is 124 Å². The van der Waals surface area contributed by atoms with Gasteiger partial charge in [-0.1, -0.05) is 6.07 Å². The molecule has 1 N–H and O–H groups in total. The Morgan fingerprint density at radius 1 is 1.47 bits per heavy atom. The number of carboxylic acid groups (broad SMARTS) is 1. The molecule has 17 heavy (non-hydrogen) atoms. The van der Waals surface area contributed by atoms with Crippen molar-refractivity contribution in [2.24, 2.45) is 0 Å². The molecule has 0 aliphatic rings. The molecule has 0 spiro atoms. The summed E-state index contributed by atoms with van der Waals surface area (Å²) in [4.78, 5) is 16.5. The predicted octanol–water partition coefficient (Wildman–Crippen LogP) is 1.12. The Bertz CT molecular complexity index is 320. The van der Waals surface area contributed by atoms with E-state index in [1.807, 2.05) is 25.4 Å². The molecule has 0 amide bonds. The summed E-state index contributed by atoms with van der Waals surface area (Å²) in [5.74, 6) is -0.713. The number of nitrogens with zero attached hydrogens (tertiary/aromatic N) is 2. The molecule has 0 radical (unpaired) electrons. The molecule has 1 rings (SSSR count). The van der Waals surface area contributed by atoms with Crippen LogP contribution in [0.3, 0.4) is 0 Å². The molecule has 5 heteroatoms.